The molecule has 0 fully saturated rings. The molecule has 0 saturated heterocycles. The Bertz CT molecular complexity index is 685. The summed E-state index contributed by atoms with van der Waals surface area (Å²) in [6.45, 7) is 5.31. The van der Waals surface area contributed by atoms with Crippen molar-refractivity contribution in [3.8, 4) is 11.1 Å². The molecule has 0 atom stereocenters. The van der Waals surface area contributed by atoms with E-state index in [1.54, 1.807) is 20.8 Å². The molecule has 24 heavy (non-hydrogen) atoms. The van der Waals surface area contributed by atoms with Crippen molar-refractivity contribution in [3.63, 3.8) is 0 Å². The maximum Gasteiger partial charge on any atom is 0.408 e. The summed E-state index contributed by atoms with van der Waals surface area (Å²) in [5.41, 5.74) is 2.60. The van der Waals surface area contributed by atoms with Crippen LogP contribution in [0, 0.1) is 0 Å². The maximum atomic E-state index is 12.0. The zero-order chi connectivity index (χ0) is 17.6. The fourth-order valence-electron chi connectivity index (χ4n) is 2.22. The Balaban J connectivity index is 1.85. The molecule has 2 aromatic rings. The van der Waals surface area contributed by atoms with E-state index in [2.05, 4.69) is 5.32 Å². The number of nitrogens with one attached hydrogen (secondary N) is 1. The second-order valence-corrected chi connectivity index (χ2v) is 6.63. The van der Waals surface area contributed by atoms with E-state index in [1.165, 1.54) is 0 Å². The van der Waals surface area contributed by atoms with E-state index < -0.39 is 11.7 Å². The summed E-state index contributed by atoms with van der Waals surface area (Å²) in [6.07, 6.45) is -0.291. The number of Topliss-reactive ketones (excluding diaryl/α,β-unsaturated/α-hetero) is 1. The number of benzene rings is 2. The number of ether oxygens (including phenoxy) is 1. The minimum atomic E-state index is -0.574. The standard InChI is InChI=1S/C20H23NO3/c1-20(2,3)24-19(23)21-14-18(22)13-15-9-11-17(12-10-15)16-7-5-4-6-8-16/h4-12H,13-14H2,1-3H3,(H,21,23). The molecule has 0 bridgehead atoms. The van der Waals surface area contributed by atoms with Crippen molar-refractivity contribution in [2.24, 2.45) is 0 Å². The summed E-state index contributed by atoms with van der Waals surface area (Å²) < 4.78 is 5.10. The summed E-state index contributed by atoms with van der Waals surface area (Å²) in [5, 5.41) is 2.49. The van der Waals surface area contributed by atoms with Crippen LogP contribution in [0.1, 0.15) is 26.3 Å². The van der Waals surface area contributed by atoms with Gasteiger partial charge in [0.25, 0.3) is 0 Å². The molecule has 4 heteroatoms. The van der Waals surface area contributed by atoms with E-state index in [1.807, 2.05) is 54.6 Å². The summed E-state index contributed by atoms with van der Waals surface area (Å²) in [6, 6.07) is 17.9. The maximum absolute atomic E-state index is 12.0. The number of alkyl carbamates (subject to hydrolysis) is 1. The highest BCUT2D eigenvalue weighted by Gasteiger charge is 2.16. The summed E-state index contributed by atoms with van der Waals surface area (Å²) in [7, 11) is 0. The molecular weight excluding hydrogens is 302 g/mol. The molecule has 0 aliphatic rings. The molecule has 0 heterocycles. The van der Waals surface area contributed by atoms with Gasteiger partial charge in [-0.3, -0.25) is 4.79 Å². The molecule has 0 spiro atoms. The number of carbonyl (C=O) groups is 2. The molecule has 0 unspecified atom stereocenters. The van der Waals surface area contributed by atoms with Gasteiger partial charge in [-0.15, -0.1) is 0 Å². The first-order valence-corrected chi connectivity index (χ1v) is 7.96. The molecule has 2 rings (SSSR count). The zero-order valence-electron chi connectivity index (χ0n) is 14.3. The fourth-order valence-corrected chi connectivity index (χ4v) is 2.22. The third-order valence-electron chi connectivity index (χ3n) is 3.29. The largest absolute Gasteiger partial charge is 0.444 e. The average Bonchev–Trinajstić information content (AvgIpc) is 2.53. The number of rotatable bonds is 5. The van der Waals surface area contributed by atoms with Gasteiger partial charge < -0.3 is 10.1 Å². The Morgan fingerprint density at radius 1 is 0.917 bits per heavy atom. The monoisotopic (exact) mass is 325 g/mol. The Morgan fingerprint density at radius 2 is 1.50 bits per heavy atom. The van der Waals surface area contributed by atoms with Crippen LogP contribution in [-0.4, -0.2) is 24.0 Å². The number of amides is 1. The van der Waals surface area contributed by atoms with Gasteiger partial charge in [-0.2, -0.15) is 0 Å². The van der Waals surface area contributed by atoms with Crippen molar-refractivity contribution in [2.75, 3.05) is 6.54 Å². The molecule has 0 aromatic heterocycles. The Labute approximate surface area is 142 Å². The highest BCUT2D eigenvalue weighted by atomic mass is 16.6. The summed E-state index contributed by atoms with van der Waals surface area (Å²) in [4.78, 5) is 23.5. The van der Waals surface area contributed by atoms with E-state index in [4.69, 9.17) is 4.74 Å². The molecule has 126 valence electrons. The van der Waals surface area contributed by atoms with Crippen molar-refractivity contribution in [1.29, 1.82) is 0 Å². The summed E-state index contributed by atoms with van der Waals surface area (Å²) in [5.74, 6) is -0.0617. The Hall–Kier alpha value is -2.62. The number of hydrogen-bond donors (Lipinski definition) is 1. The van der Waals surface area contributed by atoms with Crippen LogP contribution in [-0.2, 0) is 16.0 Å². The zero-order valence-corrected chi connectivity index (χ0v) is 14.3. The minimum Gasteiger partial charge on any atom is -0.444 e. The van der Waals surface area contributed by atoms with Gasteiger partial charge in [0.05, 0.1) is 6.54 Å². The first-order valence-electron chi connectivity index (χ1n) is 7.96. The molecule has 0 aliphatic carbocycles. The van der Waals surface area contributed by atoms with Gasteiger partial charge in [0.15, 0.2) is 5.78 Å². The van der Waals surface area contributed by atoms with Crippen LogP contribution in [0.15, 0.2) is 54.6 Å². The van der Waals surface area contributed by atoms with Crippen molar-refractivity contribution < 1.29 is 14.3 Å². The van der Waals surface area contributed by atoms with Gasteiger partial charge in [0.1, 0.15) is 5.60 Å². The smallest absolute Gasteiger partial charge is 0.408 e. The van der Waals surface area contributed by atoms with Gasteiger partial charge in [0.2, 0.25) is 0 Å². The number of hydrogen-bond acceptors (Lipinski definition) is 3. The van der Waals surface area contributed by atoms with Crippen molar-refractivity contribution in [1.82, 2.24) is 5.32 Å². The van der Waals surface area contributed by atoms with Gasteiger partial charge in [0, 0.05) is 6.42 Å². The lowest BCUT2D eigenvalue weighted by atomic mass is 10.0. The van der Waals surface area contributed by atoms with Crippen LogP contribution in [0.4, 0.5) is 4.79 Å². The third kappa shape index (κ3) is 5.88. The first kappa shape index (κ1) is 17.7. The van der Waals surface area contributed by atoms with Crippen LogP contribution >= 0.6 is 0 Å². The molecular formula is C20H23NO3. The lowest BCUT2D eigenvalue weighted by Crippen LogP contribution is -2.35. The number of carbonyl (C=O) groups excluding carboxylic acids is 2. The normalized spacial score (nSPS) is 11.0. The van der Waals surface area contributed by atoms with Crippen LogP contribution in [0.2, 0.25) is 0 Å². The van der Waals surface area contributed by atoms with E-state index in [-0.39, 0.29) is 18.7 Å². The lowest BCUT2D eigenvalue weighted by molar-refractivity contribution is -0.117. The van der Waals surface area contributed by atoms with Gasteiger partial charge in [-0.25, -0.2) is 4.79 Å². The molecule has 0 radical (unpaired) electrons. The minimum absolute atomic E-state index is 0.0324. The highest BCUT2D eigenvalue weighted by Crippen LogP contribution is 2.19. The Kier molecular flexibility index (Phi) is 5.74. The van der Waals surface area contributed by atoms with Gasteiger partial charge >= 0.3 is 6.09 Å². The molecule has 0 aliphatic heterocycles. The number of ketones is 1. The van der Waals surface area contributed by atoms with Crippen molar-refractivity contribution in [2.45, 2.75) is 32.8 Å². The first-order chi connectivity index (χ1) is 11.3. The average molecular weight is 325 g/mol. The SMILES string of the molecule is CC(C)(C)OC(=O)NCC(=O)Cc1ccc(-c2ccccc2)cc1. The quantitative estimate of drug-likeness (QED) is 0.904. The van der Waals surface area contributed by atoms with Crippen LogP contribution in [0.5, 0.6) is 0 Å². The second kappa shape index (κ2) is 7.77. The van der Waals surface area contributed by atoms with Crippen LogP contribution in [0.3, 0.4) is 0 Å². The van der Waals surface area contributed by atoms with Gasteiger partial charge in [-0.05, 0) is 37.5 Å². The van der Waals surface area contributed by atoms with Gasteiger partial charge in [-0.1, -0.05) is 54.6 Å². The molecule has 0 saturated carbocycles. The summed E-state index contributed by atoms with van der Waals surface area (Å²) >= 11 is 0. The molecule has 4 nitrogen and oxygen atoms in total. The van der Waals surface area contributed by atoms with E-state index in [0.29, 0.717) is 0 Å². The third-order valence-corrected chi connectivity index (χ3v) is 3.29. The fraction of sp³-hybridized carbons (Fsp3) is 0.300. The predicted octanol–water partition coefficient (Wildman–Crippen LogP) is 3.99. The van der Waals surface area contributed by atoms with Crippen LogP contribution < -0.4 is 5.32 Å². The lowest BCUT2D eigenvalue weighted by Gasteiger charge is -2.19. The van der Waals surface area contributed by atoms with Crippen molar-refractivity contribution >= 4 is 11.9 Å². The highest BCUT2D eigenvalue weighted by molar-refractivity contribution is 5.85. The molecule has 1 N–H and O–H groups in total. The van der Waals surface area contributed by atoms with Crippen LogP contribution in [0.25, 0.3) is 11.1 Å². The van der Waals surface area contributed by atoms with E-state index in [0.717, 1.165) is 16.7 Å². The van der Waals surface area contributed by atoms with E-state index >= 15 is 0 Å². The van der Waals surface area contributed by atoms with Crippen molar-refractivity contribution in [3.05, 3.63) is 60.2 Å². The second-order valence-electron chi connectivity index (χ2n) is 6.63. The molecule has 2 aromatic carbocycles. The molecule has 1 amide bonds. The predicted molar refractivity (Wildman–Crippen MR) is 94.8 cm³/mol. The van der Waals surface area contributed by atoms with E-state index in [9.17, 15) is 9.59 Å². The Morgan fingerprint density at radius 3 is 2.08 bits per heavy atom. The topological polar surface area (TPSA) is 55.4 Å².